The molecule has 0 saturated heterocycles. The summed E-state index contributed by atoms with van der Waals surface area (Å²) in [6, 6.07) is 0. The quantitative estimate of drug-likeness (QED) is 0.462. The molecular weight excluding hydrogens is 128 g/mol. The summed E-state index contributed by atoms with van der Waals surface area (Å²) >= 11 is 0. The number of rotatable bonds is 5. The van der Waals surface area contributed by atoms with Crippen molar-refractivity contribution >= 4 is 6.21 Å². The molecule has 0 radical (unpaired) electrons. The van der Waals surface area contributed by atoms with Crippen LogP contribution in [0.3, 0.4) is 0 Å². The van der Waals surface area contributed by atoms with Gasteiger partial charge >= 0.3 is 0 Å². The maximum Gasteiger partial charge on any atom is 0.119 e. The molecule has 0 heterocycles. The van der Waals surface area contributed by atoms with Crippen molar-refractivity contribution in [3.8, 4) is 0 Å². The van der Waals surface area contributed by atoms with Gasteiger partial charge in [0, 0.05) is 6.21 Å². The summed E-state index contributed by atoms with van der Waals surface area (Å²) in [6.45, 7) is 5.48. The molecule has 3 heteroatoms. The van der Waals surface area contributed by atoms with E-state index in [1.165, 1.54) is 0 Å². The van der Waals surface area contributed by atoms with Crippen LogP contribution in [0.25, 0.3) is 0 Å². The molecule has 0 aromatic carbocycles. The van der Waals surface area contributed by atoms with E-state index < -0.39 is 0 Å². The summed E-state index contributed by atoms with van der Waals surface area (Å²) in [7, 11) is 0. The highest BCUT2D eigenvalue weighted by Crippen LogP contribution is 1.91. The van der Waals surface area contributed by atoms with Crippen LogP contribution in [0.2, 0.25) is 0 Å². The first-order valence-electron chi connectivity index (χ1n) is 3.61. The molecule has 60 valence electrons. The number of oxime groups is 1. The Balaban J connectivity index is 3.02. The number of nitrogens with zero attached hydrogens (tertiary/aromatic N) is 1. The van der Waals surface area contributed by atoms with Crippen molar-refractivity contribution in [2.24, 2.45) is 16.8 Å². The zero-order valence-electron chi connectivity index (χ0n) is 6.71. The van der Waals surface area contributed by atoms with Gasteiger partial charge in [0.25, 0.3) is 0 Å². The highest BCUT2D eigenvalue weighted by Gasteiger charge is 1.89. The van der Waals surface area contributed by atoms with E-state index in [1.807, 2.05) is 0 Å². The molecule has 3 nitrogen and oxygen atoms in total. The van der Waals surface area contributed by atoms with Crippen molar-refractivity contribution < 1.29 is 4.84 Å². The Morgan fingerprint density at radius 3 is 2.80 bits per heavy atom. The first-order valence-corrected chi connectivity index (χ1v) is 3.61. The zero-order valence-corrected chi connectivity index (χ0v) is 6.71. The first-order chi connectivity index (χ1) is 4.77. The molecule has 0 fully saturated rings. The third-order valence-corrected chi connectivity index (χ3v) is 0.853. The summed E-state index contributed by atoms with van der Waals surface area (Å²) in [5, 5.41) is 3.70. The van der Waals surface area contributed by atoms with Gasteiger partial charge in [-0.2, -0.15) is 0 Å². The monoisotopic (exact) mass is 144 g/mol. The first kappa shape index (κ1) is 9.43. The number of hydrogen-bond acceptors (Lipinski definition) is 3. The third kappa shape index (κ3) is 7.43. The number of hydrogen-bond donors (Lipinski definition) is 1. The third-order valence-electron chi connectivity index (χ3n) is 0.853. The maximum absolute atomic E-state index is 5.22. The Kier molecular flexibility index (Phi) is 6.18. The maximum atomic E-state index is 5.22. The van der Waals surface area contributed by atoms with Gasteiger partial charge < -0.3 is 10.6 Å². The van der Waals surface area contributed by atoms with Crippen LogP contribution in [-0.4, -0.2) is 19.4 Å². The van der Waals surface area contributed by atoms with Crippen LogP contribution in [0.4, 0.5) is 0 Å². The van der Waals surface area contributed by atoms with E-state index >= 15 is 0 Å². The SMILES string of the molecule is CC(C)CO/N=C/CCN. The molecule has 0 rings (SSSR count). The van der Waals surface area contributed by atoms with Crippen LogP contribution in [0.5, 0.6) is 0 Å². The van der Waals surface area contributed by atoms with Gasteiger partial charge in [0.2, 0.25) is 0 Å². The predicted molar refractivity (Wildman–Crippen MR) is 43.0 cm³/mol. The van der Waals surface area contributed by atoms with E-state index in [1.54, 1.807) is 6.21 Å². The molecule has 0 unspecified atom stereocenters. The van der Waals surface area contributed by atoms with Crippen LogP contribution >= 0.6 is 0 Å². The van der Waals surface area contributed by atoms with Gasteiger partial charge in [-0.15, -0.1) is 0 Å². The van der Waals surface area contributed by atoms with Crippen molar-refractivity contribution in [1.82, 2.24) is 0 Å². The molecule has 0 amide bonds. The Labute approximate surface area is 62.2 Å². The average molecular weight is 144 g/mol. The molecule has 0 bridgehead atoms. The van der Waals surface area contributed by atoms with Gasteiger partial charge in [0.15, 0.2) is 0 Å². The Morgan fingerprint density at radius 1 is 1.60 bits per heavy atom. The van der Waals surface area contributed by atoms with Crippen LogP contribution in [0.1, 0.15) is 20.3 Å². The molecule has 0 spiro atoms. The highest BCUT2D eigenvalue weighted by molar-refractivity contribution is 5.56. The minimum absolute atomic E-state index is 0.537. The highest BCUT2D eigenvalue weighted by atomic mass is 16.6. The lowest BCUT2D eigenvalue weighted by molar-refractivity contribution is 0.119. The summed E-state index contributed by atoms with van der Waals surface area (Å²) in [4.78, 5) is 4.91. The summed E-state index contributed by atoms with van der Waals surface area (Å²) in [6.07, 6.45) is 2.49. The van der Waals surface area contributed by atoms with Gasteiger partial charge in [-0.3, -0.25) is 0 Å². The Morgan fingerprint density at radius 2 is 2.30 bits per heavy atom. The number of nitrogens with two attached hydrogens (primary N) is 1. The van der Waals surface area contributed by atoms with E-state index in [2.05, 4.69) is 19.0 Å². The summed E-state index contributed by atoms with van der Waals surface area (Å²) in [5.74, 6) is 0.537. The second kappa shape index (κ2) is 6.55. The van der Waals surface area contributed by atoms with Crippen LogP contribution in [0, 0.1) is 5.92 Å². The van der Waals surface area contributed by atoms with E-state index in [0.29, 0.717) is 19.1 Å². The predicted octanol–water partition coefficient (Wildman–Crippen LogP) is 0.994. The molecule has 2 N–H and O–H groups in total. The minimum Gasteiger partial charge on any atom is -0.396 e. The van der Waals surface area contributed by atoms with E-state index in [9.17, 15) is 0 Å². The molecule has 0 atom stereocenters. The second-order valence-electron chi connectivity index (χ2n) is 2.55. The van der Waals surface area contributed by atoms with Crippen molar-refractivity contribution in [3.05, 3.63) is 0 Å². The molecular formula is C7H16N2O. The topological polar surface area (TPSA) is 47.6 Å². The van der Waals surface area contributed by atoms with Gasteiger partial charge in [-0.25, -0.2) is 0 Å². The Bertz CT molecular complexity index is 91.6. The van der Waals surface area contributed by atoms with Gasteiger partial charge in [0.05, 0.1) is 0 Å². The van der Waals surface area contributed by atoms with Gasteiger partial charge in [-0.1, -0.05) is 19.0 Å². The molecule has 10 heavy (non-hydrogen) atoms. The normalized spacial score (nSPS) is 11.2. The lowest BCUT2D eigenvalue weighted by atomic mass is 10.2. The molecule has 0 aliphatic carbocycles. The van der Waals surface area contributed by atoms with Crippen LogP contribution in [0.15, 0.2) is 5.16 Å². The van der Waals surface area contributed by atoms with Crippen molar-refractivity contribution in [3.63, 3.8) is 0 Å². The fourth-order valence-electron chi connectivity index (χ4n) is 0.372. The fraction of sp³-hybridized carbons (Fsp3) is 0.857. The lowest BCUT2D eigenvalue weighted by Gasteiger charge is -2.00. The van der Waals surface area contributed by atoms with E-state index in [4.69, 9.17) is 10.6 Å². The van der Waals surface area contributed by atoms with Crippen molar-refractivity contribution in [1.29, 1.82) is 0 Å². The molecule has 0 aromatic heterocycles. The second-order valence-corrected chi connectivity index (χ2v) is 2.55. The fourth-order valence-corrected chi connectivity index (χ4v) is 0.372. The van der Waals surface area contributed by atoms with E-state index in [-0.39, 0.29) is 0 Å². The average Bonchev–Trinajstić information content (AvgIpc) is 1.87. The van der Waals surface area contributed by atoms with Gasteiger partial charge in [-0.05, 0) is 18.9 Å². The van der Waals surface area contributed by atoms with Crippen molar-refractivity contribution in [2.45, 2.75) is 20.3 Å². The summed E-state index contributed by atoms with van der Waals surface area (Å²) < 4.78 is 0. The Hall–Kier alpha value is -0.570. The zero-order chi connectivity index (χ0) is 7.82. The minimum atomic E-state index is 0.537. The van der Waals surface area contributed by atoms with Crippen molar-refractivity contribution in [2.75, 3.05) is 13.2 Å². The van der Waals surface area contributed by atoms with Crippen LogP contribution < -0.4 is 5.73 Å². The molecule has 0 saturated carbocycles. The largest absolute Gasteiger partial charge is 0.396 e. The lowest BCUT2D eigenvalue weighted by Crippen LogP contribution is -2.00. The van der Waals surface area contributed by atoms with E-state index in [0.717, 1.165) is 6.42 Å². The smallest absolute Gasteiger partial charge is 0.119 e. The standard InChI is InChI=1S/C7H16N2O/c1-7(2)6-10-9-5-3-4-8/h5,7H,3-4,6,8H2,1-2H3/b9-5+. The molecule has 0 aromatic rings. The molecule has 0 aliphatic rings. The molecule has 0 aliphatic heterocycles. The summed E-state index contributed by atoms with van der Waals surface area (Å²) in [5.41, 5.74) is 5.22. The van der Waals surface area contributed by atoms with Crippen LogP contribution in [-0.2, 0) is 4.84 Å². The van der Waals surface area contributed by atoms with Gasteiger partial charge in [0.1, 0.15) is 6.61 Å².